The lowest BCUT2D eigenvalue weighted by molar-refractivity contribution is 0.450. The molecular formula is C23H32O. The third-order valence-corrected chi connectivity index (χ3v) is 5.05. The molecule has 0 fully saturated rings. The van der Waals surface area contributed by atoms with E-state index in [1.807, 2.05) is 18.2 Å². The van der Waals surface area contributed by atoms with Gasteiger partial charge in [0, 0.05) is 11.0 Å². The van der Waals surface area contributed by atoms with Crippen molar-refractivity contribution in [2.24, 2.45) is 0 Å². The van der Waals surface area contributed by atoms with Crippen molar-refractivity contribution in [1.82, 2.24) is 0 Å². The van der Waals surface area contributed by atoms with Crippen LogP contribution in [0, 0.1) is 0 Å². The van der Waals surface area contributed by atoms with Crippen LogP contribution in [0.4, 0.5) is 0 Å². The molecule has 0 saturated carbocycles. The van der Waals surface area contributed by atoms with E-state index in [0.29, 0.717) is 5.75 Å². The summed E-state index contributed by atoms with van der Waals surface area (Å²) in [6.07, 6.45) is 8.83. The van der Waals surface area contributed by atoms with Crippen molar-refractivity contribution in [3.8, 4) is 5.75 Å². The van der Waals surface area contributed by atoms with E-state index in [0.717, 1.165) is 12.0 Å². The molecule has 2 aromatic rings. The summed E-state index contributed by atoms with van der Waals surface area (Å²) in [5.74, 6) is 0.423. The summed E-state index contributed by atoms with van der Waals surface area (Å²) in [5, 5.41) is 10.6. The fourth-order valence-corrected chi connectivity index (χ4v) is 3.61. The number of aryl methyl sites for hydroxylation is 1. The van der Waals surface area contributed by atoms with Crippen molar-refractivity contribution in [2.75, 3.05) is 0 Å². The number of rotatable bonds is 9. The minimum Gasteiger partial charge on any atom is -0.508 e. The molecule has 130 valence electrons. The highest BCUT2D eigenvalue weighted by atomic mass is 16.3. The maximum Gasteiger partial charge on any atom is 0.119 e. The average molecular weight is 325 g/mol. The van der Waals surface area contributed by atoms with Gasteiger partial charge in [-0.3, -0.25) is 0 Å². The number of unbranched alkanes of at least 4 members (excludes halogenated alkanes) is 5. The molecule has 0 radical (unpaired) electrons. The maximum absolute atomic E-state index is 10.6. The van der Waals surface area contributed by atoms with Gasteiger partial charge in [-0.1, -0.05) is 95.3 Å². The second-order valence-electron chi connectivity index (χ2n) is 7.32. The van der Waals surface area contributed by atoms with Gasteiger partial charge in [0.1, 0.15) is 5.75 Å². The van der Waals surface area contributed by atoms with Gasteiger partial charge in [-0.25, -0.2) is 0 Å². The van der Waals surface area contributed by atoms with Crippen LogP contribution >= 0.6 is 0 Å². The average Bonchev–Trinajstić information content (AvgIpc) is 2.58. The molecule has 24 heavy (non-hydrogen) atoms. The van der Waals surface area contributed by atoms with Crippen LogP contribution in [0.1, 0.15) is 76.0 Å². The number of aromatic hydroxyl groups is 1. The van der Waals surface area contributed by atoms with E-state index in [-0.39, 0.29) is 5.41 Å². The Hall–Kier alpha value is -1.76. The summed E-state index contributed by atoms with van der Waals surface area (Å²) in [5.41, 5.74) is 3.43. The van der Waals surface area contributed by atoms with Crippen molar-refractivity contribution < 1.29 is 5.11 Å². The number of phenolic OH excluding ortho intramolecular Hbond substituents is 1. The molecule has 2 rings (SSSR count). The Labute approximate surface area is 147 Å². The first-order valence-electron chi connectivity index (χ1n) is 9.44. The van der Waals surface area contributed by atoms with Gasteiger partial charge in [0.15, 0.2) is 0 Å². The van der Waals surface area contributed by atoms with Crippen LogP contribution in [-0.2, 0) is 11.8 Å². The normalized spacial score (nSPS) is 11.6. The molecule has 0 bridgehead atoms. The largest absolute Gasteiger partial charge is 0.508 e. The fourth-order valence-electron chi connectivity index (χ4n) is 3.61. The summed E-state index contributed by atoms with van der Waals surface area (Å²) in [4.78, 5) is 0. The van der Waals surface area contributed by atoms with Gasteiger partial charge >= 0.3 is 0 Å². The highest BCUT2D eigenvalue weighted by molar-refractivity contribution is 5.49. The number of hydrogen-bond donors (Lipinski definition) is 1. The van der Waals surface area contributed by atoms with Crippen molar-refractivity contribution in [3.63, 3.8) is 0 Å². The molecule has 0 aromatic heterocycles. The minimum absolute atomic E-state index is 0.190. The molecule has 0 aliphatic heterocycles. The third-order valence-electron chi connectivity index (χ3n) is 5.05. The Morgan fingerprint density at radius 3 is 2.17 bits per heavy atom. The van der Waals surface area contributed by atoms with Crippen molar-refractivity contribution in [3.05, 3.63) is 65.2 Å². The second kappa shape index (κ2) is 8.92. The van der Waals surface area contributed by atoms with Crippen LogP contribution in [0.3, 0.4) is 0 Å². The Morgan fingerprint density at radius 2 is 1.46 bits per heavy atom. The van der Waals surface area contributed by atoms with Gasteiger partial charge in [-0.15, -0.1) is 0 Å². The zero-order chi connectivity index (χ0) is 17.4. The first-order chi connectivity index (χ1) is 11.6. The second-order valence-corrected chi connectivity index (χ2v) is 7.32. The Kier molecular flexibility index (Phi) is 6.90. The molecule has 2 aromatic carbocycles. The lowest BCUT2D eigenvalue weighted by Crippen LogP contribution is -2.21. The van der Waals surface area contributed by atoms with Crippen LogP contribution < -0.4 is 0 Å². The molecule has 0 heterocycles. The first kappa shape index (κ1) is 18.6. The van der Waals surface area contributed by atoms with Crippen LogP contribution in [0.15, 0.2) is 48.5 Å². The lowest BCUT2D eigenvalue weighted by atomic mass is 9.75. The molecule has 0 aliphatic rings. The highest BCUT2D eigenvalue weighted by Crippen LogP contribution is 2.39. The molecule has 1 nitrogen and oxygen atoms in total. The predicted molar refractivity (Wildman–Crippen MR) is 104 cm³/mol. The van der Waals surface area contributed by atoms with Crippen LogP contribution in [-0.4, -0.2) is 5.11 Å². The van der Waals surface area contributed by atoms with E-state index in [4.69, 9.17) is 0 Å². The maximum atomic E-state index is 10.6. The molecule has 0 spiro atoms. The predicted octanol–water partition coefficient (Wildman–Crippen LogP) is 6.62. The first-order valence-corrected chi connectivity index (χ1v) is 9.44. The third kappa shape index (κ3) is 4.63. The van der Waals surface area contributed by atoms with E-state index in [1.165, 1.54) is 49.7 Å². The van der Waals surface area contributed by atoms with Gasteiger partial charge in [0.25, 0.3) is 0 Å². The van der Waals surface area contributed by atoms with Crippen LogP contribution in [0.2, 0.25) is 0 Å². The molecule has 0 unspecified atom stereocenters. The number of benzene rings is 2. The van der Waals surface area contributed by atoms with Crippen molar-refractivity contribution >= 4 is 0 Å². The molecule has 0 amide bonds. The summed E-state index contributed by atoms with van der Waals surface area (Å²) < 4.78 is 0. The topological polar surface area (TPSA) is 20.2 Å². The van der Waals surface area contributed by atoms with E-state index >= 15 is 0 Å². The Morgan fingerprint density at radius 1 is 0.792 bits per heavy atom. The molecule has 0 atom stereocenters. The Balaban J connectivity index is 2.15. The van der Waals surface area contributed by atoms with Gasteiger partial charge in [-0.2, -0.15) is 0 Å². The molecule has 1 heteroatoms. The Bertz CT molecular complexity index is 613. The van der Waals surface area contributed by atoms with Crippen LogP contribution in [0.5, 0.6) is 5.75 Å². The molecular weight excluding hydrogens is 292 g/mol. The van der Waals surface area contributed by atoms with Gasteiger partial charge in [-0.05, 0) is 30.0 Å². The van der Waals surface area contributed by atoms with E-state index in [2.05, 4.69) is 51.1 Å². The molecule has 1 N–H and O–H groups in total. The standard InChI is InChI=1S/C23H32O/c1-4-5-6-7-8-10-14-19-15-13-18-21(24)22(19)23(2,3)20-16-11-9-12-17-20/h9,11-13,15-18,24H,4-8,10,14H2,1-3H3. The molecule has 0 aliphatic carbocycles. The minimum atomic E-state index is -0.190. The van der Waals surface area contributed by atoms with Crippen molar-refractivity contribution in [2.45, 2.75) is 71.1 Å². The van der Waals surface area contributed by atoms with E-state index in [1.54, 1.807) is 0 Å². The smallest absolute Gasteiger partial charge is 0.119 e. The van der Waals surface area contributed by atoms with Gasteiger partial charge in [0.05, 0.1) is 0 Å². The summed E-state index contributed by atoms with van der Waals surface area (Å²) in [6, 6.07) is 16.5. The zero-order valence-corrected chi connectivity index (χ0v) is 15.5. The molecule has 0 saturated heterocycles. The summed E-state index contributed by atoms with van der Waals surface area (Å²) in [7, 11) is 0. The SMILES string of the molecule is CCCCCCCCc1cccc(O)c1C(C)(C)c1ccccc1. The van der Waals surface area contributed by atoms with E-state index < -0.39 is 0 Å². The van der Waals surface area contributed by atoms with Crippen molar-refractivity contribution in [1.29, 1.82) is 0 Å². The monoisotopic (exact) mass is 324 g/mol. The zero-order valence-electron chi connectivity index (χ0n) is 15.5. The van der Waals surface area contributed by atoms with E-state index in [9.17, 15) is 5.11 Å². The fraction of sp³-hybridized carbons (Fsp3) is 0.478. The number of hydrogen-bond acceptors (Lipinski definition) is 1. The van der Waals surface area contributed by atoms with Crippen LogP contribution in [0.25, 0.3) is 0 Å². The lowest BCUT2D eigenvalue weighted by Gasteiger charge is -2.29. The van der Waals surface area contributed by atoms with Gasteiger partial charge in [0.2, 0.25) is 0 Å². The van der Waals surface area contributed by atoms with Gasteiger partial charge < -0.3 is 5.11 Å². The quantitative estimate of drug-likeness (QED) is 0.514. The number of phenols is 1. The highest BCUT2D eigenvalue weighted by Gasteiger charge is 2.28. The summed E-state index contributed by atoms with van der Waals surface area (Å²) >= 11 is 0. The summed E-state index contributed by atoms with van der Waals surface area (Å²) in [6.45, 7) is 6.68.